The van der Waals surface area contributed by atoms with E-state index >= 15 is 0 Å². The van der Waals surface area contributed by atoms with E-state index in [2.05, 4.69) is 0 Å². The van der Waals surface area contributed by atoms with Gasteiger partial charge in [0.15, 0.2) is 0 Å². The first-order chi connectivity index (χ1) is 10.4. The number of aromatic hydroxyl groups is 2. The SMILES string of the molecule is CC(=O)N(c1ccc(O)cc1)N(C(C)=O)c1ccc(O)cc1. The molecule has 2 aromatic rings. The van der Waals surface area contributed by atoms with E-state index in [1.165, 1.54) is 72.4 Å². The first-order valence-electron chi connectivity index (χ1n) is 6.59. The Morgan fingerprint density at radius 3 is 1.18 bits per heavy atom. The van der Waals surface area contributed by atoms with Crippen molar-refractivity contribution < 1.29 is 19.8 Å². The molecule has 0 saturated carbocycles. The second kappa shape index (κ2) is 6.17. The number of hydrazine groups is 1. The Kier molecular flexibility index (Phi) is 4.31. The molecule has 0 fully saturated rings. The lowest BCUT2D eigenvalue weighted by Gasteiger charge is -2.33. The number of hydrogen-bond donors (Lipinski definition) is 2. The molecule has 0 aliphatic heterocycles. The fourth-order valence-corrected chi connectivity index (χ4v) is 2.06. The number of anilines is 2. The topological polar surface area (TPSA) is 81.1 Å². The molecule has 0 atom stereocenters. The Hall–Kier alpha value is -3.02. The molecule has 0 spiro atoms. The van der Waals surface area contributed by atoms with Crippen LogP contribution in [0.25, 0.3) is 0 Å². The van der Waals surface area contributed by atoms with Crippen LogP contribution in [-0.4, -0.2) is 22.0 Å². The predicted molar refractivity (Wildman–Crippen MR) is 82.5 cm³/mol. The first-order valence-corrected chi connectivity index (χ1v) is 6.59. The van der Waals surface area contributed by atoms with Crippen molar-refractivity contribution in [3.63, 3.8) is 0 Å². The van der Waals surface area contributed by atoms with Crippen LogP contribution < -0.4 is 10.0 Å². The largest absolute Gasteiger partial charge is 0.508 e. The molecule has 0 heterocycles. The molecule has 0 unspecified atom stereocenters. The molecule has 0 radical (unpaired) electrons. The summed E-state index contributed by atoms with van der Waals surface area (Å²) in [6.45, 7) is 2.67. The number of nitrogens with zero attached hydrogens (tertiary/aromatic N) is 2. The van der Waals surface area contributed by atoms with E-state index in [-0.39, 0.29) is 23.3 Å². The van der Waals surface area contributed by atoms with Gasteiger partial charge in [0, 0.05) is 13.8 Å². The molecule has 114 valence electrons. The van der Waals surface area contributed by atoms with Crippen LogP contribution in [0, 0.1) is 0 Å². The van der Waals surface area contributed by atoms with Gasteiger partial charge in [0.2, 0.25) is 11.8 Å². The van der Waals surface area contributed by atoms with Crippen LogP contribution in [0.5, 0.6) is 11.5 Å². The summed E-state index contributed by atoms with van der Waals surface area (Å²) < 4.78 is 0. The predicted octanol–water partition coefficient (Wildman–Crippen LogP) is 2.42. The van der Waals surface area contributed by atoms with E-state index in [9.17, 15) is 19.8 Å². The lowest BCUT2D eigenvalue weighted by Crippen LogP contribution is -2.49. The van der Waals surface area contributed by atoms with Crippen molar-refractivity contribution in [1.82, 2.24) is 0 Å². The minimum Gasteiger partial charge on any atom is -0.508 e. The number of hydrogen-bond acceptors (Lipinski definition) is 4. The molecule has 0 aliphatic carbocycles. The van der Waals surface area contributed by atoms with Gasteiger partial charge in [0.25, 0.3) is 0 Å². The number of phenols is 2. The van der Waals surface area contributed by atoms with E-state index in [4.69, 9.17) is 0 Å². The standard InChI is InChI=1S/C16H16N2O4/c1-11(19)17(13-3-7-15(21)8-4-13)18(12(2)20)14-5-9-16(22)10-6-14/h3-10,21-22H,1-2H3. The zero-order valence-electron chi connectivity index (χ0n) is 12.2. The van der Waals surface area contributed by atoms with Gasteiger partial charge in [-0.15, -0.1) is 0 Å². The third-order valence-electron chi connectivity index (χ3n) is 2.99. The molecular weight excluding hydrogens is 284 g/mol. The minimum atomic E-state index is -0.367. The number of phenolic OH excluding ortho intramolecular Hbond substituents is 2. The molecule has 6 nitrogen and oxygen atoms in total. The maximum absolute atomic E-state index is 12.0. The Bertz CT molecular complexity index is 619. The van der Waals surface area contributed by atoms with Crippen molar-refractivity contribution >= 4 is 23.2 Å². The van der Waals surface area contributed by atoms with Gasteiger partial charge in [0.05, 0.1) is 11.4 Å². The highest BCUT2D eigenvalue weighted by atomic mass is 16.3. The van der Waals surface area contributed by atoms with E-state index < -0.39 is 0 Å². The van der Waals surface area contributed by atoms with Crippen LogP contribution in [0.3, 0.4) is 0 Å². The maximum atomic E-state index is 12.0. The molecule has 2 rings (SSSR count). The molecule has 0 aliphatic rings. The number of carbonyl (C=O) groups excluding carboxylic acids is 2. The number of benzene rings is 2. The molecule has 0 saturated heterocycles. The van der Waals surface area contributed by atoms with Crippen LogP contribution in [0.4, 0.5) is 11.4 Å². The third kappa shape index (κ3) is 3.17. The van der Waals surface area contributed by atoms with Crippen molar-refractivity contribution in [2.75, 3.05) is 10.0 Å². The van der Waals surface area contributed by atoms with Crippen molar-refractivity contribution in [1.29, 1.82) is 0 Å². The molecule has 2 N–H and O–H groups in total. The Morgan fingerprint density at radius 2 is 0.955 bits per heavy atom. The van der Waals surface area contributed by atoms with Gasteiger partial charge in [-0.1, -0.05) is 0 Å². The maximum Gasteiger partial charge on any atom is 0.243 e. The summed E-state index contributed by atoms with van der Waals surface area (Å²) in [5, 5.41) is 21.1. The van der Waals surface area contributed by atoms with Crippen LogP contribution in [0.1, 0.15) is 13.8 Å². The fourth-order valence-electron chi connectivity index (χ4n) is 2.06. The van der Waals surface area contributed by atoms with Crippen LogP contribution in [0.2, 0.25) is 0 Å². The van der Waals surface area contributed by atoms with Crippen molar-refractivity contribution in [3.05, 3.63) is 48.5 Å². The fraction of sp³-hybridized carbons (Fsp3) is 0.125. The lowest BCUT2D eigenvalue weighted by molar-refractivity contribution is -0.121. The van der Waals surface area contributed by atoms with E-state index in [1.54, 1.807) is 0 Å². The van der Waals surface area contributed by atoms with Crippen LogP contribution >= 0.6 is 0 Å². The Labute approximate surface area is 127 Å². The molecule has 0 aromatic heterocycles. The quantitative estimate of drug-likeness (QED) is 0.835. The Morgan fingerprint density at radius 1 is 0.682 bits per heavy atom. The molecular formula is C16H16N2O4. The highest BCUT2D eigenvalue weighted by Gasteiger charge is 2.24. The van der Waals surface area contributed by atoms with Crippen molar-refractivity contribution in [2.45, 2.75) is 13.8 Å². The van der Waals surface area contributed by atoms with E-state index in [0.29, 0.717) is 11.4 Å². The van der Waals surface area contributed by atoms with Gasteiger partial charge in [0.1, 0.15) is 11.5 Å². The van der Waals surface area contributed by atoms with Gasteiger partial charge in [-0.25, -0.2) is 10.0 Å². The van der Waals surface area contributed by atoms with Gasteiger partial charge < -0.3 is 10.2 Å². The lowest BCUT2D eigenvalue weighted by atomic mass is 10.2. The zero-order chi connectivity index (χ0) is 16.3. The monoisotopic (exact) mass is 300 g/mol. The summed E-state index contributed by atoms with van der Waals surface area (Å²) >= 11 is 0. The van der Waals surface area contributed by atoms with E-state index in [0.717, 1.165) is 0 Å². The van der Waals surface area contributed by atoms with Crippen molar-refractivity contribution in [2.24, 2.45) is 0 Å². The summed E-state index contributed by atoms with van der Waals surface area (Å²) in [5.41, 5.74) is 0.877. The van der Waals surface area contributed by atoms with Gasteiger partial charge >= 0.3 is 0 Å². The summed E-state index contributed by atoms with van der Waals surface area (Å²) in [6.07, 6.45) is 0. The Balaban J connectivity index is 2.51. The molecule has 2 amide bonds. The average Bonchev–Trinajstić information content (AvgIpc) is 2.46. The number of amides is 2. The molecule has 0 bridgehead atoms. The summed E-state index contributed by atoms with van der Waals surface area (Å²) in [5.74, 6) is -0.611. The highest BCUT2D eigenvalue weighted by Crippen LogP contribution is 2.26. The van der Waals surface area contributed by atoms with Gasteiger partial charge in [-0.3, -0.25) is 9.59 Å². The summed E-state index contributed by atoms with van der Waals surface area (Å²) in [6, 6.07) is 11.9. The molecule has 6 heteroatoms. The van der Waals surface area contributed by atoms with Crippen LogP contribution in [0.15, 0.2) is 48.5 Å². The first kappa shape index (κ1) is 15.4. The highest BCUT2D eigenvalue weighted by molar-refractivity contribution is 6.04. The van der Waals surface area contributed by atoms with Gasteiger partial charge in [-0.2, -0.15) is 0 Å². The van der Waals surface area contributed by atoms with Gasteiger partial charge in [-0.05, 0) is 48.5 Å². The number of carbonyl (C=O) groups is 2. The smallest absolute Gasteiger partial charge is 0.243 e. The molecule has 22 heavy (non-hydrogen) atoms. The second-order valence-corrected chi connectivity index (χ2v) is 4.69. The zero-order valence-corrected chi connectivity index (χ0v) is 12.2. The molecule has 2 aromatic carbocycles. The second-order valence-electron chi connectivity index (χ2n) is 4.69. The van der Waals surface area contributed by atoms with Crippen molar-refractivity contribution in [3.8, 4) is 11.5 Å². The van der Waals surface area contributed by atoms with Crippen LogP contribution in [-0.2, 0) is 9.59 Å². The summed E-state index contributed by atoms with van der Waals surface area (Å²) in [7, 11) is 0. The van der Waals surface area contributed by atoms with E-state index in [1.807, 2.05) is 0 Å². The third-order valence-corrected chi connectivity index (χ3v) is 2.99. The average molecular weight is 300 g/mol. The normalized spacial score (nSPS) is 10.1. The summed E-state index contributed by atoms with van der Waals surface area (Å²) in [4.78, 5) is 24.1. The number of rotatable bonds is 2. The minimum absolute atomic E-state index is 0.0614.